The zero-order valence-corrected chi connectivity index (χ0v) is 12.0. The van der Waals surface area contributed by atoms with Crippen molar-refractivity contribution in [2.24, 2.45) is 0 Å². The minimum absolute atomic E-state index is 0.0347. The Kier molecular flexibility index (Phi) is 8.25. The predicted molar refractivity (Wildman–Crippen MR) is 72.1 cm³/mol. The smallest absolute Gasteiger partial charge is 0.158 e. The molecule has 1 rings (SSSR count). The first-order valence-electron chi connectivity index (χ1n) is 7.36. The molecule has 1 fully saturated rings. The first-order valence-corrected chi connectivity index (χ1v) is 7.36. The van der Waals surface area contributed by atoms with E-state index in [1.54, 1.807) is 0 Å². The van der Waals surface area contributed by atoms with Crippen LogP contribution >= 0.6 is 0 Å². The van der Waals surface area contributed by atoms with Gasteiger partial charge in [-0.1, -0.05) is 32.6 Å². The molecule has 0 amide bonds. The van der Waals surface area contributed by atoms with Crippen molar-refractivity contribution >= 4 is 6.29 Å². The van der Waals surface area contributed by atoms with Crippen molar-refractivity contribution in [3.63, 3.8) is 0 Å². The number of aliphatic hydroxyl groups excluding tert-OH is 3. The van der Waals surface area contributed by atoms with E-state index in [9.17, 15) is 20.1 Å². The molecular formula is C14H26O6. The van der Waals surface area contributed by atoms with E-state index >= 15 is 0 Å². The maximum atomic E-state index is 10.5. The molecular weight excluding hydrogens is 264 g/mol. The molecule has 0 aromatic carbocycles. The van der Waals surface area contributed by atoms with Crippen LogP contribution < -0.4 is 0 Å². The topological polar surface area (TPSA) is 96.2 Å². The van der Waals surface area contributed by atoms with Gasteiger partial charge in [0.15, 0.2) is 12.6 Å². The Balaban J connectivity index is 2.35. The average Bonchev–Trinajstić information content (AvgIpc) is 2.47. The van der Waals surface area contributed by atoms with E-state index < -0.39 is 30.7 Å². The van der Waals surface area contributed by atoms with Gasteiger partial charge in [0.05, 0.1) is 6.61 Å². The largest absolute Gasteiger partial charge is 0.388 e. The third-order valence-corrected chi connectivity index (χ3v) is 3.51. The molecule has 0 saturated carbocycles. The molecule has 1 heterocycles. The monoisotopic (exact) mass is 290 g/mol. The highest BCUT2D eigenvalue weighted by Gasteiger charge is 2.38. The number of hydrogen-bond donors (Lipinski definition) is 3. The lowest BCUT2D eigenvalue weighted by molar-refractivity contribution is -0.278. The first-order chi connectivity index (χ1) is 9.60. The fourth-order valence-electron chi connectivity index (χ4n) is 2.25. The normalized spacial score (nSPS) is 29.9. The molecule has 20 heavy (non-hydrogen) atoms. The summed E-state index contributed by atoms with van der Waals surface area (Å²) in [5.74, 6) is 0. The summed E-state index contributed by atoms with van der Waals surface area (Å²) in [7, 11) is 0. The fraction of sp³-hybridized carbons (Fsp3) is 0.929. The van der Waals surface area contributed by atoms with Gasteiger partial charge in [0.25, 0.3) is 0 Å². The number of unbranched alkanes of at least 4 members (excludes halogenated alkanes) is 4. The van der Waals surface area contributed by atoms with Crippen molar-refractivity contribution in [3.8, 4) is 0 Å². The van der Waals surface area contributed by atoms with E-state index in [2.05, 4.69) is 6.92 Å². The lowest BCUT2D eigenvalue weighted by Gasteiger charge is -2.37. The second kappa shape index (κ2) is 9.41. The molecule has 0 aromatic heterocycles. The van der Waals surface area contributed by atoms with Crippen LogP contribution in [0.25, 0.3) is 0 Å². The number of carbonyl (C=O) groups is 1. The van der Waals surface area contributed by atoms with Gasteiger partial charge in [-0.2, -0.15) is 0 Å². The van der Waals surface area contributed by atoms with Crippen molar-refractivity contribution in [1.82, 2.24) is 0 Å². The highest BCUT2D eigenvalue weighted by Crippen LogP contribution is 2.21. The molecule has 0 radical (unpaired) electrons. The number of carbonyl (C=O) groups excluding carboxylic acids is 1. The molecule has 1 unspecified atom stereocenters. The van der Waals surface area contributed by atoms with Gasteiger partial charge in [-0.05, 0) is 12.8 Å². The Morgan fingerprint density at radius 1 is 1.25 bits per heavy atom. The maximum Gasteiger partial charge on any atom is 0.158 e. The van der Waals surface area contributed by atoms with Gasteiger partial charge in [-0.25, -0.2) is 0 Å². The summed E-state index contributed by atoms with van der Waals surface area (Å²) in [5, 5.41) is 28.8. The van der Waals surface area contributed by atoms with Gasteiger partial charge in [0.2, 0.25) is 0 Å². The molecule has 1 aliphatic heterocycles. The lowest BCUT2D eigenvalue weighted by Crippen LogP contribution is -2.53. The summed E-state index contributed by atoms with van der Waals surface area (Å²) in [6.07, 6.45) is 0.961. The highest BCUT2D eigenvalue weighted by molar-refractivity contribution is 5.56. The molecule has 118 valence electrons. The lowest BCUT2D eigenvalue weighted by atomic mass is 10.0. The molecule has 6 nitrogen and oxygen atoms in total. The molecule has 5 atom stereocenters. The number of aldehydes is 1. The maximum absolute atomic E-state index is 10.5. The van der Waals surface area contributed by atoms with Crippen LogP contribution in [0.3, 0.4) is 0 Å². The summed E-state index contributed by atoms with van der Waals surface area (Å²) >= 11 is 0. The first kappa shape index (κ1) is 17.5. The van der Waals surface area contributed by atoms with Gasteiger partial charge in [0.1, 0.15) is 24.4 Å². The van der Waals surface area contributed by atoms with E-state index in [4.69, 9.17) is 9.47 Å². The van der Waals surface area contributed by atoms with Crippen molar-refractivity contribution in [2.45, 2.75) is 76.2 Å². The van der Waals surface area contributed by atoms with E-state index in [-0.39, 0.29) is 12.9 Å². The molecule has 0 aromatic rings. The van der Waals surface area contributed by atoms with Crippen molar-refractivity contribution in [3.05, 3.63) is 0 Å². The standard InChI is InChI=1S/C14H26O6/c1-2-3-4-5-6-7-12-19-9-11(17)14(20-12)13(18)10(16)8-15/h8,10-14,16-18H,2-7,9H2,1H3/t10-,11+,12?,13+,14-/m0/s1. The van der Waals surface area contributed by atoms with E-state index in [0.29, 0.717) is 6.42 Å². The van der Waals surface area contributed by atoms with Crippen LogP contribution in [-0.2, 0) is 14.3 Å². The van der Waals surface area contributed by atoms with Crippen molar-refractivity contribution in [2.75, 3.05) is 6.61 Å². The Morgan fingerprint density at radius 3 is 2.60 bits per heavy atom. The number of rotatable bonds is 9. The number of aliphatic hydroxyl groups is 3. The van der Waals surface area contributed by atoms with Crippen molar-refractivity contribution in [1.29, 1.82) is 0 Å². The van der Waals surface area contributed by atoms with Crippen LogP contribution in [0.15, 0.2) is 0 Å². The minimum atomic E-state index is -1.56. The zero-order chi connectivity index (χ0) is 15.0. The molecule has 0 spiro atoms. The molecule has 1 aliphatic rings. The Hall–Kier alpha value is -0.530. The molecule has 0 aliphatic carbocycles. The van der Waals surface area contributed by atoms with E-state index in [1.165, 1.54) is 19.3 Å². The Morgan fingerprint density at radius 2 is 1.95 bits per heavy atom. The van der Waals surface area contributed by atoms with Gasteiger partial charge in [-0.3, -0.25) is 0 Å². The van der Waals surface area contributed by atoms with E-state index in [1.807, 2.05) is 0 Å². The SMILES string of the molecule is CCCCCCCC1OC[C@@H](O)[C@@H]([C@H](O)[C@@H](O)C=O)O1. The summed E-state index contributed by atoms with van der Waals surface area (Å²) in [6.45, 7) is 2.19. The van der Waals surface area contributed by atoms with E-state index in [0.717, 1.165) is 12.8 Å². The van der Waals surface area contributed by atoms with Gasteiger partial charge in [-0.15, -0.1) is 0 Å². The van der Waals surface area contributed by atoms with Crippen LogP contribution in [0.1, 0.15) is 45.4 Å². The van der Waals surface area contributed by atoms with Crippen LogP contribution in [-0.4, -0.2) is 58.9 Å². The third-order valence-electron chi connectivity index (χ3n) is 3.51. The van der Waals surface area contributed by atoms with Crippen molar-refractivity contribution < 1.29 is 29.6 Å². The van der Waals surface area contributed by atoms with Gasteiger partial charge >= 0.3 is 0 Å². The number of ether oxygens (including phenoxy) is 2. The van der Waals surface area contributed by atoms with Crippen LogP contribution in [0.2, 0.25) is 0 Å². The summed E-state index contributed by atoms with van der Waals surface area (Å²) in [5.41, 5.74) is 0. The summed E-state index contributed by atoms with van der Waals surface area (Å²) in [4.78, 5) is 10.5. The zero-order valence-electron chi connectivity index (χ0n) is 12.0. The average molecular weight is 290 g/mol. The molecule has 6 heteroatoms. The second-order valence-corrected chi connectivity index (χ2v) is 5.25. The summed E-state index contributed by atoms with van der Waals surface area (Å²) < 4.78 is 10.8. The minimum Gasteiger partial charge on any atom is -0.388 e. The third kappa shape index (κ3) is 5.46. The molecule has 3 N–H and O–H groups in total. The molecule has 1 saturated heterocycles. The van der Waals surface area contributed by atoms with Crippen LogP contribution in [0.5, 0.6) is 0 Å². The van der Waals surface area contributed by atoms with Crippen LogP contribution in [0.4, 0.5) is 0 Å². The quantitative estimate of drug-likeness (QED) is 0.419. The predicted octanol–water partition coefficient (Wildman–Crippen LogP) is 0.370. The second-order valence-electron chi connectivity index (χ2n) is 5.25. The Bertz CT molecular complexity index is 272. The van der Waals surface area contributed by atoms with Crippen LogP contribution in [0, 0.1) is 0 Å². The highest BCUT2D eigenvalue weighted by atomic mass is 16.7. The Labute approximate surface area is 119 Å². The fourth-order valence-corrected chi connectivity index (χ4v) is 2.25. The molecule has 0 bridgehead atoms. The van der Waals surface area contributed by atoms with Gasteiger partial charge in [0, 0.05) is 0 Å². The number of hydrogen-bond acceptors (Lipinski definition) is 6. The summed E-state index contributed by atoms with van der Waals surface area (Å²) in [6, 6.07) is 0. The van der Waals surface area contributed by atoms with Gasteiger partial charge < -0.3 is 29.6 Å².